The molecule has 0 bridgehead atoms. The summed E-state index contributed by atoms with van der Waals surface area (Å²) in [5.41, 5.74) is 1.38. The minimum absolute atomic E-state index is 0.102. The Balaban J connectivity index is 1.34. The Morgan fingerprint density at radius 2 is 1.89 bits per heavy atom. The van der Waals surface area contributed by atoms with E-state index in [1.807, 2.05) is 0 Å². The van der Waals surface area contributed by atoms with Crippen LogP contribution in [-0.2, 0) is 4.74 Å². The standard InChI is InChI=1S/C20H24FN5O2/c21-15-3-5-16(6-4-15)25-7-9-26(10-8-25)19-12-18(23-14-24-19)20(27)22-13-17-2-1-11-28-17/h3-6,12,14,17H,1-2,7-11,13H2,(H,22,27). The van der Waals surface area contributed by atoms with E-state index in [0.29, 0.717) is 12.2 Å². The lowest BCUT2D eigenvalue weighted by Crippen LogP contribution is -2.47. The van der Waals surface area contributed by atoms with Gasteiger partial charge in [-0.1, -0.05) is 0 Å². The van der Waals surface area contributed by atoms with Crippen molar-refractivity contribution in [3.8, 4) is 0 Å². The van der Waals surface area contributed by atoms with Crippen molar-refractivity contribution in [3.63, 3.8) is 0 Å². The van der Waals surface area contributed by atoms with Gasteiger partial charge in [0.25, 0.3) is 5.91 Å². The van der Waals surface area contributed by atoms with Crippen LogP contribution >= 0.6 is 0 Å². The summed E-state index contributed by atoms with van der Waals surface area (Å²) in [6.07, 6.45) is 3.56. The van der Waals surface area contributed by atoms with Crippen LogP contribution < -0.4 is 15.1 Å². The van der Waals surface area contributed by atoms with Crippen LogP contribution in [0.1, 0.15) is 23.3 Å². The molecule has 8 heteroatoms. The van der Waals surface area contributed by atoms with Crippen LogP contribution in [0.25, 0.3) is 0 Å². The molecule has 1 atom stereocenters. The molecule has 1 unspecified atom stereocenters. The zero-order valence-corrected chi connectivity index (χ0v) is 15.7. The molecule has 0 spiro atoms. The first-order valence-electron chi connectivity index (χ1n) is 9.66. The molecule has 2 saturated heterocycles. The maximum atomic E-state index is 13.1. The topological polar surface area (TPSA) is 70.6 Å². The van der Waals surface area contributed by atoms with Gasteiger partial charge in [-0.2, -0.15) is 0 Å². The summed E-state index contributed by atoms with van der Waals surface area (Å²) in [6.45, 7) is 4.42. The summed E-state index contributed by atoms with van der Waals surface area (Å²) >= 11 is 0. The Hall–Kier alpha value is -2.74. The molecule has 0 aliphatic carbocycles. The molecule has 2 aliphatic heterocycles. The Morgan fingerprint density at radius 1 is 1.14 bits per heavy atom. The molecule has 1 aromatic carbocycles. The van der Waals surface area contributed by atoms with E-state index in [0.717, 1.165) is 57.1 Å². The first-order valence-corrected chi connectivity index (χ1v) is 9.66. The van der Waals surface area contributed by atoms with Crippen molar-refractivity contribution >= 4 is 17.4 Å². The SMILES string of the molecule is O=C(NCC1CCCO1)c1cc(N2CCN(c3ccc(F)cc3)CC2)ncn1. The number of piperazine rings is 1. The van der Waals surface area contributed by atoms with Crippen LogP contribution in [0.5, 0.6) is 0 Å². The van der Waals surface area contributed by atoms with E-state index in [2.05, 4.69) is 25.1 Å². The molecule has 2 aliphatic rings. The third-order valence-corrected chi connectivity index (χ3v) is 5.20. The number of carbonyl (C=O) groups is 1. The summed E-state index contributed by atoms with van der Waals surface area (Å²) in [6, 6.07) is 8.29. The van der Waals surface area contributed by atoms with Gasteiger partial charge in [0, 0.05) is 51.1 Å². The van der Waals surface area contributed by atoms with Crippen LogP contribution in [0, 0.1) is 5.82 Å². The van der Waals surface area contributed by atoms with Crippen LogP contribution in [-0.4, -0.2) is 61.3 Å². The maximum absolute atomic E-state index is 13.1. The highest BCUT2D eigenvalue weighted by atomic mass is 19.1. The van der Waals surface area contributed by atoms with Crippen LogP contribution in [0.3, 0.4) is 0 Å². The highest BCUT2D eigenvalue weighted by Gasteiger charge is 2.21. The van der Waals surface area contributed by atoms with Gasteiger partial charge >= 0.3 is 0 Å². The molecule has 28 heavy (non-hydrogen) atoms. The summed E-state index contributed by atoms with van der Waals surface area (Å²) in [7, 11) is 0. The van der Waals surface area contributed by atoms with Gasteiger partial charge in [0.1, 0.15) is 23.7 Å². The second-order valence-electron chi connectivity index (χ2n) is 7.06. The van der Waals surface area contributed by atoms with Crippen molar-refractivity contribution < 1.29 is 13.9 Å². The number of nitrogens with one attached hydrogen (secondary N) is 1. The molecule has 0 saturated carbocycles. The maximum Gasteiger partial charge on any atom is 0.270 e. The van der Waals surface area contributed by atoms with E-state index >= 15 is 0 Å². The lowest BCUT2D eigenvalue weighted by molar-refractivity contribution is 0.0853. The number of amides is 1. The van der Waals surface area contributed by atoms with E-state index in [9.17, 15) is 9.18 Å². The van der Waals surface area contributed by atoms with Gasteiger partial charge in [-0.15, -0.1) is 0 Å². The number of aromatic nitrogens is 2. The number of halogens is 1. The van der Waals surface area contributed by atoms with Gasteiger partial charge in [-0.25, -0.2) is 14.4 Å². The van der Waals surface area contributed by atoms with E-state index in [1.54, 1.807) is 18.2 Å². The molecule has 4 rings (SSSR count). The van der Waals surface area contributed by atoms with Crippen molar-refractivity contribution in [1.82, 2.24) is 15.3 Å². The fourth-order valence-corrected chi connectivity index (χ4v) is 3.59. The number of nitrogens with zero attached hydrogens (tertiary/aromatic N) is 4. The van der Waals surface area contributed by atoms with Gasteiger partial charge in [0.2, 0.25) is 0 Å². The van der Waals surface area contributed by atoms with Crippen LogP contribution in [0.2, 0.25) is 0 Å². The summed E-state index contributed by atoms with van der Waals surface area (Å²) in [5.74, 6) is 0.314. The zero-order valence-electron chi connectivity index (χ0n) is 15.7. The molecular weight excluding hydrogens is 361 g/mol. The van der Waals surface area contributed by atoms with E-state index < -0.39 is 0 Å². The molecule has 7 nitrogen and oxygen atoms in total. The number of hydrogen-bond donors (Lipinski definition) is 1. The lowest BCUT2D eigenvalue weighted by Gasteiger charge is -2.36. The predicted octanol–water partition coefficient (Wildman–Crippen LogP) is 1.85. The van der Waals surface area contributed by atoms with Gasteiger partial charge in [-0.3, -0.25) is 4.79 Å². The van der Waals surface area contributed by atoms with Crippen LogP contribution in [0.15, 0.2) is 36.7 Å². The monoisotopic (exact) mass is 385 g/mol. The Morgan fingerprint density at radius 3 is 2.61 bits per heavy atom. The van der Waals surface area contributed by atoms with Crippen molar-refractivity contribution in [2.24, 2.45) is 0 Å². The van der Waals surface area contributed by atoms with Gasteiger partial charge in [-0.05, 0) is 37.1 Å². The Bertz CT molecular complexity index is 802. The molecule has 148 valence electrons. The number of anilines is 2. The van der Waals surface area contributed by atoms with Crippen molar-refractivity contribution in [1.29, 1.82) is 0 Å². The first-order chi connectivity index (χ1) is 13.7. The number of carbonyl (C=O) groups excluding carboxylic acids is 1. The van der Waals surface area contributed by atoms with E-state index in [4.69, 9.17) is 4.74 Å². The molecule has 0 radical (unpaired) electrons. The molecule has 1 aromatic heterocycles. The second kappa shape index (κ2) is 8.52. The second-order valence-corrected chi connectivity index (χ2v) is 7.06. The largest absolute Gasteiger partial charge is 0.376 e. The van der Waals surface area contributed by atoms with Gasteiger partial charge in [0.05, 0.1) is 6.10 Å². The summed E-state index contributed by atoms with van der Waals surface area (Å²) < 4.78 is 18.6. The number of benzene rings is 1. The van der Waals surface area contributed by atoms with Gasteiger partial charge < -0.3 is 19.9 Å². The summed E-state index contributed by atoms with van der Waals surface area (Å²) in [5, 5.41) is 2.89. The van der Waals surface area contributed by atoms with Crippen LogP contribution in [0.4, 0.5) is 15.9 Å². The molecule has 2 fully saturated rings. The average molecular weight is 385 g/mol. The molecule has 2 aromatic rings. The fraction of sp³-hybridized carbons (Fsp3) is 0.450. The van der Waals surface area contributed by atoms with Crippen molar-refractivity contribution in [2.75, 3.05) is 49.1 Å². The third kappa shape index (κ3) is 4.39. The quantitative estimate of drug-likeness (QED) is 0.847. The highest BCUT2D eigenvalue weighted by molar-refractivity contribution is 5.92. The molecule has 1 amide bonds. The first kappa shape index (κ1) is 18.6. The third-order valence-electron chi connectivity index (χ3n) is 5.20. The van der Waals surface area contributed by atoms with Crippen molar-refractivity contribution in [3.05, 3.63) is 48.2 Å². The van der Waals surface area contributed by atoms with Gasteiger partial charge in [0.15, 0.2) is 0 Å². The Labute approximate surface area is 163 Å². The fourth-order valence-electron chi connectivity index (χ4n) is 3.59. The minimum atomic E-state index is -0.228. The molecular formula is C20H24FN5O2. The number of hydrogen-bond acceptors (Lipinski definition) is 6. The van der Waals surface area contributed by atoms with E-state index in [-0.39, 0.29) is 17.8 Å². The smallest absolute Gasteiger partial charge is 0.270 e. The minimum Gasteiger partial charge on any atom is -0.376 e. The summed E-state index contributed by atoms with van der Waals surface area (Å²) in [4.78, 5) is 25.2. The average Bonchev–Trinajstić information content (AvgIpc) is 3.26. The number of rotatable bonds is 5. The number of ether oxygens (including phenoxy) is 1. The highest BCUT2D eigenvalue weighted by Crippen LogP contribution is 2.20. The van der Waals surface area contributed by atoms with Crippen molar-refractivity contribution in [2.45, 2.75) is 18.9 Å². The molecule has 3 heterocycles. The normalized spacial score (nSPS) is 19.7. The predicted molar refractivity (Wildman–Crippen MR) is 104 cm³/mol. The zero-order chi connectivity index (χ0) is 19.3. The Kier molecular flexibility index (Phi) is 5.66. The van der Waals surface area contributed by atoms with E-state index in [1.165, 1.54) is 18.5 Å². The lowest BCUT2D eigenvalue weighted by atomic mass is 10.2. The molecule has 1 N–H and O–H groups in total.